The molecule has 1 aromatic heterocycles. The first-order valence-corrected chi connectivity index (χ1v) is 7.15. The Morgan fingerprint density at radius 3 is 2.82 bits per heavy atom. The third-order valence-electron chi connectivity index (χ3n) is 3.26. The van der Waals surface area contributed by atoms with E-state index in [-0.39, 0.29) is 0 Å². The maximum atomic E-state index is 4.23. The second-order valence-corrected chi connectivity index (χ2v) is 6.53. The molecule has 4 nitrogen and oxygen atoms in total. The Bertz CT molecular complexity index is 353. The maximum Gasteiger partial charge on any atom is 0.205 e. The van der Waals surface area contributed by atoms with Crippen molar-refractivity contribution in [2.75, 3.05) is 18.9 Å². The number of anilines is 1. The monoisotopic (exact) mass is 254 g/mol. The van der Waals surface area contributed by atoms with E-state index in [2.05, 4.69) is 48.2 Å². The number of nitrogens with one attached hydrogen (secondary N) is 1. The van der Waals surface area contributed by atoms with Gasteiger partial charge in [0.1, 0.15) is 5.01 Å². The molecule has 1 aromatic rings. The molecule has 17 heavy (non-hydrogen) atoms. The summed E-state index contributed by atoms with van der Waals surface area (Å²) in [6, 6.07) is 1.19. The summed E-state index contributed by atoms with van der Waals surface area (Å²) in [5.74, 6) is 0.647. The molecule has 1 saturated heterocycles. The smallest absolute Gasteiger partial charge is 0.205 e. The van der Waals surface area contributed by atoms with Crippen molar-refractivity contribution in [1.29, 1.82) is 0 Å². The van der Waals surface area contributed by atoms with Crippen LogP contribution in [0.4, 0.5) is 5.13 Å². The van der Waals surface area contributed by atoms with E-state index in [1.807, 2.05) is 0 Å². The van der Waals surface area contributed by atoms with Crippen LogP contribution in [-0.4, -0.2) is 40.8 Å². The van der Waals surface area contributed by atoms with Gasteiger partial charge in [0.05, 0.1) is 0 Å². The minimum Gasteiger partial charge on any atom is -0.356 e. The molecule has 2 unspecified atom stereocenters. The minimum atomic E-state index is 0.523. The summed E-state index contributed by atoms with van der Waals surface area (Å²) in [6.07, 6.45) is 2.22. The molecule has 0 aliphatic carbocycles. The fourth-order valence-corrected chi connectivity index (χ4v) is 3.25. The average Bonchev–Trinajstić information content (AvgIpc) is 2.75. The topological polar surface area (TPSA) is 41.1 Å². The number of aromatic nitrogens is 2. The third kappa shape index (κ3) is 3.39. The molecule has 1 aliphatic rings. The fourth-order valence-electron chi connectivity index (χ4n) is 2.22. The average molecular weight is 254 g/mol. The van der Waals surface area contributed by atoms with E-state index in [4.69, 9.17) is 0 Å². The van der Waals surface area contributed by atoms with Gasteiger partial charge < -0.3 is 10.2 Å². The third-order valence-corrected chi connectivity index (χ3v) is 4.14. The summed E-state index contributed by atoms with van der Waals surface area (Å²) in [5, 5.41) is 14.1. The standard InChI is InChI=1S/C12H22N4S/c1-8(2)5-11-14-15-12(17-11)13-10-6-9(3)16(4)7-10/h8-10H,5-7H2,1-4H3,(H,13,15). The first kappa shape index (κ1) is 12.8. The number of likely N-dealkylation sites (tertiary alicyclic amines) is 1. The number of nitrogens with zero attached hydrogens (tertiary/aromatic N) is 3. The highest BCUT2D eigenvalue weighted by atomic mass is 32.1. The molecule has 2 heterocycles. The van der Waals surface area contributed by atoms with Gasteiger partial charge in [0, 0.05) is 25.0 Å². The lowest BCUT2D eigenvalue weighted by Gasteiger charge is -2.12. The molecule has 0 amide bonds. The van der Waals surface area contributed by atoms with Crippen molar-refractivity contribution in [3.8, 4) is 0 Å². The number of likely N-dealkylation sites (N-methyl/N-ethyl adjacent to an activating group) is 1. The van der Waals surface area contributed by atoms with Crippen LogP contribution in [0.15, 0.2) is 0 Å². The van der Waals surface area contributed by atoms with E-state index in [0.29, 0.717) is 18.0 Å². The van der Waals surface area contributed by atoms with E-state index in [9.17, 15) is 0 Å². The van der Waals surface area contributed by atoms with E-state index >= 15 is 0 Å². The molecule has 0 radical (unpaired) electrons. The van der Waals surface area contributed by atoms with Crippen LogP contribution in [0.5, 0.6) is 0 Å². The molecule has 1 N–H and O–H groups in total. The van der Waals surface area contributed by atoms with Crippen LogP contribution in [0.2, 0.25) is 0 Å². The summed E-state index contributed by atoms with van der Waals surface area (Å²) < 4.78 is 0. The summed E-state index contributed by atoms with van der Waals surface area (Å²) >= 11 is 1.70. The molecule has 0 bridgehead atoms. The number of hydrogen-bond donors (Lipinski definition) is 1. The molecule has 0 saturated carbocycles. The van der Waals surface area contributed by atoms with Crippen molar-refractivity contribution >= 4 is 16.5 Å². The largest absolute Gasteiger partial charge is 0.356 e. The van der Waals surface area contributed by atoms with Gasteiger partial charge in [-0.1, -0.05) is 25.2 Å². The number of rotatable bonds is 4. The van der Waals surface area contributed by atoms with Crippen molar-refractivity contribution in [3.63, 3.8) is 0 Å². The van der Waals surface area contributed by atoms with Crippen LogP contribution in [-0.2, 0) is 6.42 Å². The molecule has 96 valence electrons. The summed E-state index contributed by atoms with van der Waals surface area (Å²) in [7, 11) is 2.18. The molecule has 1 aliphatic heterocycles. The van der Waals surface area contributed by atoms with Gasteiger partial charge in [-0.3, -0.25) is 0 Å². The zero-order chi connectivity index (χ0) is 12.4. The Kier molecular flexibility index (Phi) is 3.99. The lowest BCUT2D eigenvalue weighted by atomic mass is 10.1. The molecule has 0 aromatic carbocycles. The van der Waals surface area contributed by atoms with Gasteiger partial charge in [-0.2, -0.15) is 0 Å². The van der Waals surface area contributed by atoms with Gasteiger partial charge >= 0.3 is 0 Å². The lowest BCUT2D eigenvalue weighted by Crippen LogP contribution is -2.24. The van der Waals surface area contributed by atoms with E-state index in [0.717, 1.165) is 23.1 Å². The van der Waals surface area contributed by atoms with Crippen LogP contribution in [0, 0.1) is 5.92 Å². The van der Waals surface area contributed by atoms with Crippen LogP contribution in [0.3, 0.4) is 0 Å². The van der Waals surface area contributed by atoms with E-state index in [1.54, 1.807) is 11.3 Å². The van der Waals surface area contributed by atoms with Crippen molar-refractivity contribution in [3.05, 3.63) is 5.01 Å². The quantitative estimate of drug-likeness (QED) is 0.894. The van der Waals surface area contributed by atoms with Gasteiger partial charge in [-0.25, -0.2) is 0 Å². The number of hydrogen-bond acceptors (Lipinski definition) is 5. The van der Waals surface area contributed by atoms with Gasteiger partial charge in [-0.05, 0) is 26.3 Å². The van der Waals surface area contributed by atoms with Crippen molar-refractivity contribution < 1.29 is 0 Å². The second-order valence-electron chi connectivity index (χ2n) is 5.46. The van der Waals surface area contributed by atoms with Gasteiger partial charge in [-0.15, -0.1) is 10.2 Å². The predicted molar refractivity (Wildman–Crippen MR) is 72.6 cm³/mol. The Balaban J connectivity index is 1.89. The molecule has 2 atom stereocenters. The highest BCUT2D eigenvalue weighted by Gasteiger charge is 2.26. The molecule has 5 heteroatoms. The Morgan fingerprint density at radius 2 is 2.24 bits per heavy atom. The fraction of sp³-hybridized carbons (Fsp3) is 0.833. The molecule has 1 fully saturated rings. The first-order valence-electron chi connectivity index (χ1n) is 6.33. The lowest BCUT2D eigenvalue weighted by molar-refractivity contribution is 0.330. The molecular formula is C12H22N4S. The van der Waals surface area contributed by atoms with Crippen molar-refractivity contribution in [2.24, 2.45) is 5.92 Å². The zero-order valence-corrected chi connectivity index (χ0v) is 11.9. The normalized spacial score (nSPS) is 25.7. The zero-order valence-electron chi connectivity index (χ0n) is 11.1. The van der Waals surface area contributed by atoms with E-state index in [1.165, 1.54) is 6.42 Å². The maximum absolute atomic E-state index is 4.23. The molecular weight excluding hydrogens is 232 g/mol. The minimum absolute atomic E-state index is 0.523. The van der Waals surface area contributed by atoms with Crippen LogP contribution in [0.25, 0.3) is 0 Å². The SMILES string of the molecule is CC(C)Cc1nnc(NC2CC(C)N(C)C2)s1. The summed E-state index contributed by atoms with van der Waals surface area (Å²) in [4.78, 5) is 2.38. The van der Waals surface area contributed by atoms with Gasteiger partial charge in [0.2, 0.25) is 5.13 Å². The Hall–Kier alpha value is -0.680. The second kappa shape index (κ2) is 5.31. The van der Waals surface area contributed by atoms with Crippen molar-refractivity contribution in [1.82, 2.24) is 15.1 Å². The predicted octanol–water partition coefficient (Wildman–Crippen LogP) is 2.24. The highest BCUT2D eigenvalue weighted by Crippen LogP contribution is 2.23. The Labute approximate surface area is 107 Å². The van der Waals surface area contributed by atoms with Crippen LogP contribution < -0.4 is 5.32 Å². The molecule has 2 rings (SSSR count). The highest BCUT2D eigenvalue weighted by molar-refractivity contribution is 7.15. The van der Waals surface area contributed by atoms with Crippen LogP contribution >= 0.6 is 11.3 Å². The van der Waals surface area contributed by atoms with Gasteiger partial charge in [0.15, 0.2) is 0 Å². The van der Waals surface area contributed by atoms with Crippen molar-refractivity contribution in [2.45, 2.75) is 45.7 Å². The van der Waals surface area contributed by atoms with Gasteiger partial charge in [0.25, 0.3) is 0 Å². The molecule has 0 spiro atoms. The summed E-state index contributed by atoms with van der Waals surface area (Å²) in [6.45, 7) is 7.79. The van der Waals surface area contributed by atoms with Crippen LogP contribution in [0.1, 0.15) is 32.2 Å². The Morgan fingerprint density at radius 1 is 1.47 bits per heavy atom. The van der Waals surface area contributed by atoms with E-state index < -0.39 is 0 Å². The summed E-state index contributed by atoms with van der Waals surface area (Å²) in [5.41, 5.74) is 0. The first-order chi connectivity index (χ1) is 8.04.